The number of carbonyl (C=O) groups excluding carboxylic acids is 2. The van der Waals surface area contributed by atoms with Gasteiger partial charge >= 0.3 is 6.18 Å². The van der Waals surface area contributed by atoms with E-state index in [1.165, 1.54) is 35.2 Å². The second-order valence-corrected chi connectivity index (χ2v) is 7.04. The van der Waals surface area contributed by atoms with E-state index in [9.17, 15) is 22.8 Å². The van der Waals surface area contributed by atoms with Crippen LogP contribution in [0.1, 0.15) is 47.3 Å². The van der Waals surface area contributed by atoms with Crippen LogP contribution in [0.5, 0.6) is 0 Å². The second kappa shape index (κ2) is 7.83. The van der Waals surface area contributed by atoms with Crippen molar-refractivity contribution in [2.75, 3.05) is 11.4 Å². The molecule has 2 aromatic carbocycles. The first-order valence-electron chi connectivity index (χ1n) is 8.75. The summed E-state index contributed by atoms with van der Waals surface area (Å²) in [6.07, 6.45) is -3.30. The Hall–Kier alpha value is -2.54. The van der Waals surface area contributed by atoms with Crippen LogP contribution in [0.4, 0.5) is 18.9 Å². The van der Waals surface area contributed by atoms with Crippen molar-refractivity contribution in [3.63, 3.8) is 0 Å². The third-order valence-corrected chi connectivity index (χ3v) is 4.95. The number of anilines is 1. The van der Waals surface area contributed by atoms with Crippen molar-refractivity contribution < 1.29 is 22.8 Å². The lowest BCUT2D eigenvalue weighted by Gasteiger charge is -2.19. The Morgan fingerprint density at radius 2 is 1.96 bits per heavy atom. The fraction of sp³-hybridized carbons (Fsp3) is 0.300. The minimum Gasteiger partial charge on any atom is -0.346 e. The molecule has 28 heavy (non-hydrogen) atoms. The summed E-state index contributed by atoms with van der Waals surface area (Å²) in [7, 11) is 0. The monoisotopic (exact) mass is 410 g/mol. The van der Waals surface area contributed by atoms with Crippen molar-refractivity contribution in [1.29, 1.82) is 0 Å². The highest BCUT2D eigenvalue weighted by Crippen LogP contribution is 2.32. The Balaban J connectivity index is 1.79. The average molecular weight is 411 g/mol. The van der Waals surface area contributed by atoms with Gasteiger partial charge in [-0.25, -0.2) is 0 Å². The molecule has 1 N–H and O–H groups in total. The SMILES string of the molecule is C[C@@H](NC(=O)c1ccc(Cl)c(N2CCCC2=O)c1)c1cccc(C(F)(F)F)c1. The summed E-state index contributed by atoms with van der Waals surface area (Å²) in [4.78, 5) is 26.1. The molecule has 4 nitrogen and oxygen atoms in total. The maximum absolute atomic E-state index is 12.9. The fourth-order valence-corrected chi connectivity index (χ4v) is 3.33. The van der Waals surface area contributed by atoms with E-state index in [1.54, 1.807) is 6.92 Å². The normalized spacial score (nSPS) is 15.6. The molecular weight excluding hydrogens is 393 g/mol. The van der Waals surface area contributed by atoms with Crippen molar-refractivity contribution in [3.05, 3.63) is 64.2 Å². The highest BCUT2D eigenvalue weighted by atomic mass is 35.5. The predicted octanol–water partition coefficient (Wildman–Crippen LogP) is 4.98. The van der Waals surface area contributed by atoms with Crippen LogP contribution in [0.3, 0.4) is 0 Å². The molecule has 0 saturated carbocycles. The molecule has 1 aliphatic heterocycles. The van der Waals surface area contributed by atoms with Gasteiger partial charge in [-0.2, -0.15) is 13.2 Å². The quantitative estimate of drug-likeness (QED) is 0.773. The fourth-order valence-electron chi connectivity index (χ4n) is 3.11. The van der Waals surface area contributed by atoms with Crippen molar-refractivity contribution in [2.45, 2.75) is 32.0 Å². The molecular formula is C20H18ClF3N2O2. The maximum atomic E-state index is 12.9. The van der Waals surface area contributed by atoms with Crippen molar-refractivity contribution in [3.8, 4) is 0 Å². The first-order valence-corrected chi connectivity index (χ1v) is 9.12. The predicted molar refractivity (Wildman–Crippen MR) is 100 cm³/mol. The highest BCUT2D eigenvalue weighted by molar-refractivity contribution is 6.34. The van der Waals surface area contributed by atoms with Gasteiger partial charge in [0.2, 0.25) is 5.91 Å². The summed E-state index contributed by atoms with van der Waals surface area (Å²) in [6.45, 7) is 2.14. The van der Waals surface area contributed by atoms with E-state index >= 15 is 0 Å². The van der Waals surface area contributed by atoms with Crippen molar-refractivity contribution in [2.24, 2.45) is 0 Å². The lowest BCUT2D eigenvalue weighted by Crippen LogP contribution is -2.28. The van der Waals surface area contributed by atoms with Gasteiger partial charge in [0.15, 0.2) is 0 Å². The molecule has 0 aromatic heterocycles. The van der Waals surface area contributed by atoms with E-state index in [1.807, 2.05) is 0 Å². The van der Waals surface area contributed by atoms with Crippen molar-refractivity contribution in [1.82, 2.24) is 5.32 Å². The number of hydrogen-bond donors (Lipinski definition) is 1. The lowest BCUT2D eigenvalue weighted by molar-refractivity contribution is -0.137. The van der Waals surface area contributed by atoms with Gasteiger partial charge in [0.25, 0.3) is 5.91 Å². The third-order valence-electron chi connectivity index (χ3n) is 4.63. The van der Waals surface area contributed by atoms with Crippen LogP contribution in [0.25, 0.3) is 0 Å². The second-order valence-electron chi connectivity index (χ2n) is 6.63. The van der Waals surface area contributed by atoms with Gasteiger partial charge in [-0.3, -0.25) is 9.59 Å². The van der Waals surface area contributed by atoms with Crippen LogP contribution in [0.2, 0.25) is 5.02 Å². The van der Waals surface area contributed by atoms with E-state index < -0.39 is 23.7 Å². The number of hydrogen-bond acceptors (Lipinski definition) is 2. The maximum Gasteiger partial charge on any atom is 0.416 e. The third kappa shape index (κ3) is 4.30. The van der Waals surface area contributed by atoms with Crippen LogP contribution in [-0.4, -0.2) is 18.4 Å². The topological polar surface area (TPSA) is 49.4 Å². The Morgan fingerprint density at radius 1 is 1.21 bits per heavy atom. The van der Waals surface area contributed by atoms with Crippen LogP contribution >= 0.6 is 11.6 Å². The molecule has 0 aliphatic carbocycles. The van der Waals surface area contributed by atoms with E-state index in [4.69, 9.17) is 11.6 Å². The molecule has 0 radical (unpaired) electrons. The Bertz CT molecular complexity index is 915. The number of carbonyl (C=O) groups is 2. The molecule has 1 heterocycles. The summed E-state index contributed by atoms with van der Waals surface area (Å²) in [5.74, 6) is -0.522. The Labute approximate surface area is 165 Å². The van der Waals surface area contributed by atoms with Gasteiger partial charge in [0.05, 0.1) is 22.3 Å². The summed E-state index contributed by atoms with van der Waals surface area (Å²) in [5, 5.41) is 3.05. The number of benzene rings is 2. The smallest absolute Gasteiger partial charge is 0.346 e. The Morgan fingerprint density at radius 3 is 2.61 bits per heavy atom. The number of rotatable bonds is 4. The standard InChI is InChI=1S/C20H18ClF3N2O2/c1-12(13-4-2-5-15(10-13)20(22,23)24)25-19(28)14-7-8-16(21)17(11-14)26-9-3-6-18(26)27/h2,4-5,7-8,10-12H,3,6,9H2,1H3,(H,25,28)/t12-/m1/s1. The van der Waals surface area contributed by atoms with Gasteiger partial charge in [-0.1, -0.05) is 23.7 Å². The largest absolute Gasteiger partial charge is 0.416 e. The number of halogens is 4. The summed E-state index contributed by atoms with van der Waals surface area (Å²) < 4.78 is 38.7. The molecule has 0 spiro atoms. The van der Waals surface area contributed by atoms with Gasteiger partial charge in [-0.15, -0.1) is 0 Å². The first kappa shape index (κ1) is 20.2. The highest BCUT2D eigenvalue weighted by Gasteiger charge is 2.31. The molecule has 2 amide bonds. The molecule has 1 atom stereocenters. The summed E-state index contributed by atoms with van der Waals surface area (Å²) in [6, 6.07) is 8.77. The molecule has 0 bridgehead atoms. The van der Waals surface area contributed by atoms with Gasteiger partial charge < -0.3 is 10.2 Å². The minimum absolute atomic E-state index is 0.0585. The molecule has 1 aliphatic rings. The van der Waals surface area contributed by atoms with E-state index in [2.05, 4.69) is 5.32 Å². The van der Waals surface area contributed by atoms with E-state index in [0.29, 0.717) is 29.2 Å². The molecule has 148 valence electrons. The number of nitrogens with zero attached hydrogens (tertiary/aromatic N) is 1. The van der Waals surface area contributed by atoms with Crippen LogP contribution in [0.15, 0.2) is 42.5 Å². The van der Waals surface area contributed by atoms with Gasteiger partial charge in [-0.05, 0) is 49.2 Å². The molecule has 8 heteroatoms. The van der Waals surface area contributed by atoms with Crippen LogP contribution < -0.4 is 10.2 Å². The van der Waals surface area contributed by atoms with E-state index in [-0.39, 0.29) is 11.5 Å². The number of nitrogens with one attached hydrogen (secondary N) is 1. The summed E-state index contributed by atoms with van der Waals surface area (Å²) >= 11 is 6.18. The lowest BCUT2D eigenvalue weighted by atomic mass is 10.0. The van der Waals surface area contributed by atoms with Crippen molar-refractivity contribution >= 4 is 29.1 Å². The average Bonchev–Trinajstić information content (AvgIpc) is 3.07. The number of amides is 2. The van der Waals surface area contributed by atoms with Gasteiger partial charge in [0, 0.05) is 18.5 Å². The molecule has 1 fully saturated rings. The zero-order valence-corrected chi connectivity index (χ0v) is 15.8. The Kier molecular flexibility index (Phi) is 5.65. The van der Waals surface area contributed by atoms with E-state index in [0.717, 1.165) is 18.6 Å². The minimum atomic E-state index is -4.45. The number of alkyl halides is 3. The zero-order chi connectivity index (χ0) is 20.5. The molecule has 3 rings (SSSR count). The summed E-state index contributed by atoms with van der Waals surface area (Å²) in [5.41, 5.74) is 0.306. The van der Waals surface area contributed by atoms with Gasteiger partial charge in [0.1, 0.15) is 0 Å². The van der Waals surface area contributed by atoms with Crippen LogP contribution in [-0.2, 0) is 11.0 Å². The molecule has 0 unspecified atom stereocenters. The molecule has 1 saturated heterocycles. The van der Waals surface area contributed by atoms with Crippen LogP contribution in [0, 0.1) is 0 Å². The first-order chi connectivity index (χ1) is 13.2. The zero-order valence-electron chi connectivity index (χ0n) is 15.0. The molecule has 2 aromatic rings.